The predicted molar refractivity (Wildman–Crippen MR) is 212 cm³/mol. The fraction of sp³-hybridized carbons (Fsp3) is 0.415. The van der Waals surface area contributed by atoms with Crippen molar-refractivity contribution in [3.63, 3.8) is 0 Å². The van der Waals surface area contributed by atoms with Crippen LogP contribution in [-0.2, 0) is 44.8 Å². The number of carboxylic acids is 1. The molecule has 5 atom stereocenters. The summed E-state index contributed by atoms with van der Waals surface area (Å²) in [5, 5.41) is 40.0. The standard InChI is InChI=1S/C41H56N4O12/c1-3-4-13-20-32(47)21-16-10-8-6-5-7-9-11-17-22-33(35(48)23-26-38(50)51)42-27-34(40(53)43-28-39(52)55-2)44-36(49)24-25-37(57-30-46)45-41(54)56-29-31-18-14-12-15-19-31/h4-5,7-19,21-22,30,32-35,37,42,47-48H,3,6,20,23-29H2,1-2H3,(H,43,53)(H,44,49)(H,45,54)(H,50,51)/b7-5-,10-8-,11-9+,13-4-,21-16+,22-17+/t32-,33+,34-,35-,37+/m0/s1. The summed E-state index contributed by atoms with van der Waals surface area (Å²) in [5.74, 6) is -3.33. The minimum Gasteiger partial charge on any atom is -0.481 e. The van der Waals surface area contributed by atoms with Crippen LogP contribution in [0.3, 0.4) is 0 Å². The van der Waals surface area contributed by atoms with Crippen LogP contribution in [0.25, 0.3) is 0 Å². The number of amides is 3. The molecule has 0 heterocycles. The number of carbonyl (C=O) groups excluding carboxylic acids is 5. The van der Waals surface area contributed by atoms with E-state index in [0.717, 1.165) is 19.1 Å². The Bertz CT molecular complexity index is 1540. The summed E-state index contributed by atoms with van der Waals surface area (Å²) in [6.45, 7) is 1.31. The molecule has 0 fully saturated rings. The molecule has 0 saturated carbocycles. The van der Waals surface area contributed by atoms with Crippen molar-refractivity contribution in [1.82, 2.24) is 21.3 Å². The van der Waals surface area contributed by atoms with Crippen molar-refractivity contribution >= 4 is 36.3 Å². The molecular formula is C41H56N4O12. The Morgan fingerprint density at radius 1 is 0.842 bits per heavy atom. The van der Waals surface area contributed by atoms with Crippen LogP contribution in [0, 0.1) is 0 Å². The van der Waals surface area contributed by atoms with Gasteiger partial charge in [-0.15, -0.1) is 0 Å². The lowest BCUT2D eigenvalue weighted by molar-refractivity contribution is -0.141. The monoisotopic (exact) mass is 796 g/mol. The van der Waals surface area contributed by atoms with Crippen molar-refractivity contribution in [2.75, 3.05) is 20.2 Å². The third-order valence-electron chi connectivity index (χ3n) is 7.68. The number of methoxy groups -OCH3 is 1. The van der Waals surface area contributed by atoms with Gasteiger partial charge in [0.1, 0.15) is 19.2 Å². The lowest BCUT2D eigenvalue weighted by Crippen LogP contribution is -2.55. The van der Waals surface area contributed by atoms with Crippen LogP contribution in [0.1, 0.15) is 57.4 Å². The average molecular weight is 797 g/mol. The summed E-state index contributed by atoms with van der Waals surface area (Å²) in [5.41, 5.74) is 0.721. The third kappa shape index (κ3) is 25.8. The first-order valence-corrected chi connectivity index (χ1v) is 18.5. The van der Waals surface area contributed by atoms with Crippen LogP contribution in [0.5, 0.6) is 0 Å². The lowest BCUT2D eigenvalue weighted by Gasteiger charge is -2.25. The molecule has 312 valence electrons. The molecule has 0 radical (unpaired) electrons. The molecule has 0 spiro atoms. The third-order valence-corrected chi connectivity index (χ3v) is 7.68. The zero-order chi connectivity index (χ0) is 42.1. The molecule has 7 N–H and O–H groups in total. The molecule has 57 heavy (non-hydrogen) atoms. The van der Waals surface area contributed by atoms with Crippen LogP contribution >= 0.6 is 0 Å². The van der Waals surface area contributed by atoms with Gasteiger partial charge in [0.15, 0.2) is 6.23 Å². The Hall–Kier alpha value is -5.84. The number of aliphatic carboxylic acids is 1. The zero-order valence-electron chi connectivity index (χ0n) is 32.4. The summed E-state index contributed by atoms with van der Waals surface area (Å²) in [6, 6.07) is 6.67. The van der Waals surface area contributed by atoms with E-state index >= 15 is 0 Å². The van der Waals surface area contributed by atoms with E-state index in [1.165, 1.54) is 0 Å². The molecule has 1 rings (SSSR count). The van der Waals surface area contributed by atoms with Gasteiger partial charge < -0.3 is 45.5 Å². The smallest absolute Gasteiger partial charge is 0.410 e. The van der Waals surface area contributed by atoms with E-state index in [1.807, 2.05) is 37.3 Å². The number of aliphatic hydroxyl groups excluding tert-OH is 2. The minimum atomic E-state index is -1.30. The van der Waals surface area contributed by atoms with E-state index in [9.17, 15) is 39.0 Å². The minimum absolute atomic E-state index is 0.0491. The van der Waals surface area contributed by atoms with Crippen molar-refractivity contribution in [3.05, 3.63) is 109 Å². The van der Waals surface area contributed by atoms with Crippen LogP contribution in [0.4, 0.5) is 4.79 Å². The Morgan fingerprint density at radius 3 is 2.23 bits per heavy atom. The van der Waals surface area contributed by atoms with Crippen molar-refractivity contribution in [2.24, 2.45) is 0 Å². The summed E-state index contributed by atoms with van der Waals surface area (Å²) in [7, 11) is 1.13. The average Bonchev–Trinajstić information content (AvgIpc) is 3.20. The van der Waals surface area contributed by atoms with E-state index in [0.29, 0.717) is 12.8 Å². The molecule has 16 nitrogen and oxygen atoms in total. The van der Waals surface area contributed by atoms with Gasteiger partial charge in [0.25, 0.3) is 6.47 Å². The van der Waals surface area contributed by atoms with Crippen molar-refractivity contribution < 1.29 is 58.3 Å². The number of carboxylic acid groups (broad SMARTS) is 1. The Morgan fingerprint density at radius 2 is 1.54 bits per heavy atom. The van der Waals surface area contributed by atoms with E-state index in [1.54, 1.807) is 72.9 Å². The highest BCUT2D eigenvalue weighted by Crippen LogP contribution is 2.07. The number of ether oxygens (including phenoxy) is 3. The van der Waals surface area contributed by atoms with Gasteiger partial charge in [0.05, 0.1) is 25.4 Å². The first-order chi connectivity index (χ1) is 27.5. The molecule has 0 aliphatic rings. The number of hydrogen-bond donors (Lipinski definition) is 7. The van der Waals surface area contributed by atoms with Gasteiger partial charge >= 0.3 is 18.0 Å². The van der Waals surface area contributed by atoms with E-state index < -0.39 is 66.9 Å². The van der Waals surface area contributed by atoms with Gasteiger partial charge in [-0.2, -0.15) is 0 Å². The first kappa shape index (κ1) is 49.2. The molecule has 0 bridgehead atoms. The molecule has 3 amide bonds. The molecule has 1 aromatic carbocycles. The van der Waals surface area contributed by atoms with Crippen molar-refractivity contribution in [1.29, 1.82) is 0 Å². The molecule has 16 heteroatoms. The Balaban J connectivity index is 2.91. The van der Waals surface area contributed by atoms with Crippen molar-refractivity contribution in [2.45, 2.75) is 89.0 Å². The van der Waals surface area contributed by atoms with Gasteiger partial charge in [0, 0.05) is 25.8 Å². The van der Waals surface area contributed by atoms with E-state index in [2.05, 4.69) is 26.0 Å². The number of nitrogens with one attached hydrogen (secondary N) is 4. The molecule has 0 saturated heterocycles. The highest BCUT2D eigenvalue weighted by molar-refractivity contribution is 5.89. The fourth-order valence-corrected chi connectivity index (χ4v) is 4.65. The molecule has 0 aliphatic carbocycles. The second-order valence-corrected chi connectivity index (χ2v) is 12.2. The number of aliphatic hydroxyl groups is 2. The molecule has 0 aliphatic heterocycles. The molecule has 0 unspecified atom stereocenters. The molecule has 0 aromatic heterocycles. The van der Waals surface area contributed by atoms with Crippen molar-refractivity contribution in [3.8, 4) is 0 Å². The SMILES string of the molecule is CC/C=C\C[C@H](O)/C=C/C=C\C\C=C/C=C/C=C/[C@@H](NC[C@H](NC(=O)CC[C@H](NC(=O)OCc1ccccc1)OC=O)C(=O)NCC(=O)OC)[C@@H](O)CCC(=O)O. The van der Waals surface area contributed by atoms with E-state index in [-0.39, 0.29) is 45.3 Å². The number of hydrogen-bond acceptors (Lipinski definition) is 12. The highest BCUT2D eigenvalue weighted by Gasteiger charge is 2.25. The normalized spacial score (nSPS) is 14.5. The van der Waals surface area contributed by atoms with Gasteiger partial charge in [-0.05, 0) is 31.2 Å². The Labute approximate surface area is 333 Å². The van der Waals surface area contributed by atoms with Crippen LogP contribution < -0.4 is 21.3 Å². The maximum atomic E-state index is 13.1. The number of esters is 1. The fourth-order valence-electron chi connectivity index (χ4n) is 4.65. The van der Waals surface area contributed by atoms with Crippen LogP contribution in [0.15, 0.2) is 103 Å². The lowest BCUT2D eigenvalue weighted by atomic mass is 10.0. The summed E-state index contributed by atoms with van der Waals surface area (Å²) < 4.78 is 14.6. The second kappa shape index (κ2) is 31.4. The maximum absolute atomic E-state index is 13.1. The summed E-state index contributed by atoms with van der Waals surface area (Å²) in [4.78, 5) is 72.3. The highest BCUT2D eigenvalue weighted by atomic mass is 16.6. The number of benzene rings is 1. The van der Waals surface area contributed by atoms with E-state index in [4.69, 9.17) is 14.6 Å². The quantitative estimate of drug-likeness (QED) is 0.0154. The number of rotatable bonds is 29. The number of alkyl carbamates (subject to hydrolysis) is 1. The first-order valence-electron chi connectivity index (χ1n) is 18.5. The van der Waals surface area contributed by atoms with Gasteiger partial charge in [-0.25, -0.2) is 4.79 Å². The maximum Gasteiger partial charge on any atom is 0.410 e. The summed E-state index contributed by atoms with van der Waals surface area (Å²) in [6.07, 6.45) is 18.8. The largest absolute Gasteiger partial charge is 0.481 e. The zero-order valence-corrected chi connectivity index (χ0v) is 32.4. The van der Waals surface area contributed by atoms with Gasteiger partial charge in [0.2, 0.25) is 11.8 Å². The second-order valence-electron chi connectivity index (χ2n) is 12.2. The number of allylic oxidation sites excluding steroid dienone is 9. The summed E-state index contributed by atoms with van der Waals surface area (Å²) >= 11 is 0. The molecular weight excluding hydrogens is 740 g/mol. The van der Waals surface area contributed by atoms with Crippen LogP contribution in [0.2, 0.25) is 0 Å². The molecule has 1 aromatic rings. The number of carbonyl (C=O) groups is 6. The topological polar surface area (TPSA) is 239 Å². The Kier molecular flexibility index (Phi) is 27.1. The van der Waals surface area contributed by atoms with Crippen LogP contribution in [-0.4, -0.2) is 102 Å². The van der Waals surface area contributed by atoms with Gasteiger partial charge in [-0.1, -0.05) is 110 Å². The van der Waals surface area contributed by atoms with Gasteiger partial charge in [-0.3, -0.25) is 29.3 Å². The predicted octanol–water partition coefficient (Wildman–Crippen LogP) is 3.04.